The minimum atomic E-state index is -2.80. The first-order valence-electron chi connectivity index (χ1n) is 7.35. The Morgan fingerprint density at radius 1 is 1.06 bits per heavy atom. The third-order valence-corrected chi connectivity index (χ3v) is 4.90. The van der Waals surface area contributed by atoms with Crippen molar-refractivity contribution in [3.63, 3.8) is 0 Å². The van der Waals surface area contributed by atoms with Crippen molar-refractivity contribution in [2.75, 3.05) is 18.1 Å². The van der Waals surface area contributed by atoms with Crippen LogP contribution in [-0.2, 0) is 9.84 Å². The molecule has 0 amide bonds. The zero-order chi connectivity index (χ0) is 14.0. The average molecular weight is 277 g/mol. The molecule has 0 aromatic rings. The van der Waals surface area contributed by atoms with E-state index in [9.17, 15) is 8.42 Å². The van der Waals surface area contributed by atoms with Crippen molar-refractivity contribution in [2.45, 2.75) is 65.8 Å². The first-order valence-corrected chi connectivity index (χ1v) is 9.17. The molecule has 110 valence electrons. The molecule has 0 aliphatic rings. The van der Waals surface area contributed by atoms with E-state index in [1.807, 2.05) is 6.92 Å². The molecule has 0 saturated carbocycles. The van der Waals surface area contributed by atoms with Crippen molar-refractivity contribution in [1.82, 2.24) is 5.32 Å². The summed E-state index contributed by atoms with van der Waals surface area (Å²) in [6, 6.07) is 0.474. The van der Waals surface area contributed by atoms with Crippen LogP contribution in [0.1, 0.15) is 59.8 Å². The third kappa shape index (κ3) is 9.89. The molecule has 0 spiro atoms. The number of hydrogen-bond acceptors (Lipinski definition) is 3. The van der Waals surface area contributed by atoms with E-state index in [4.69, 9.17) is 0 Å². The largest absolute Gasteiger partial charge is 0.314 e. The molecule has 0 aromatic carbocycles. The Morgan fingerprint density at radius 2 is 1.72 bits per heavy atom. The van der Waals surface area contributed by atoms with Crippen molar-refractivity contribution < 1.29 is 8.42 Å². The molecular formula is C14H31NO2S. The lowest BCUT2D eigenvalue weighted by Crippen LogP contribution is -2.31. The van der Waals surface area contributed by atoms with Gasteiger partial charge >= 0.3 is 0 Å². The highest BCUT2D eigenvalue weighted by atomic mass is 32.2. The molecule has 0 fully saturated rings. The summed E-state index contributed by atoms with van der Waals surface area (Å²) in [5, 5.41) is 3.52. The van der Waals surface area contributed by atoms with Gasteiger partial charge in [-0.05, 0) is 44.6 Å². The summed E-state index contributed by atoms with van der Waals surface area (Å²) < 4.78 is 23.3. The third-order valence-electron chi connectivity index (χ3n) is 2.96. The molecule has 0 aliphatic carbocycles. The number of hydrogen-bond donors (Lipinski definition) is 1. The van der Waals surface area contributed by atoms with Gasteiger partial charge in [0.25, 0.3) is 0 Å². The van der Waals surface area contributed by atoms with Gasteiger partial charge in [-0.25, -0.2) is 8.42 Å². The SMILES string of the molecule is CCCNC(CCCS(=O)(=O)CCC)CC(C)C. The van der Waals surface area contributed by atoms with E-state index < -0.39 is 9.84 Å². The number of nitrogens with one attached hydrogen (secondary N) is 1. The molecule has 0 aromatic heterocycles. The minimum Gasteiger partial charge on any atom is -0.314 e. The molecular weight excluding hydrogens is 246 g/mol. The first-order chi connectivity index (χ1) is 8.41. The van der Waals surface area contributed by atoms with Crippen LogP contribution in [0.2, 0.25) is 0 Å². The molecule has 4 heteroatoms. The van der Waals surface area contributed by atoms with Crippen LogP contribution in [0.25, 0.3) is 0 Å². The highest BCUT2D eigenvalue weighted by Crippen LogP contribution is 2.11. The fourth-order valence-electron chi connectivity index (χ4n) is 2.18. The van der Waals surface area contributed by atoms with E-state index in [0.29, 0.717) is 23.5 Å². The molecule has 1 N–H and O–H groups in total. The summed E-state index contributed by atoms with van der Waals surface area (Å²) in [6.45, 7) is 9.54. The molecule has 1 unspecified atom stereocenters. The van der Waals surface area contributed by atoms with E-state index in [1.165, 1.54) is 0 Å². The Bertz CT molecular complexity index is 286. The molecule has 1 atom stereocenters. The maximum Gasteiger partial charge on any atom is 0.150 e. The van der Waals surface area contributed by atoms with E-state index in [1.54, 1.807) is 0 Å². The van der Waals surface area contributed by atoms with Crippen molar-refractivity contribution >= 4 is 9.84 Å². The number of sulfone groups is 1. The highest BCUT2D eigenvalue weighted by Gasteiger charge is 2.13. The monoisotopic (exact) mass is 277 g/mol. The van der Waals surface area contributed by atoms with Crippen LogP contribution in [0.15, 0.2) is 0 Å². The van der Waals surface area contributed by atoms with Gasteiger partial charge in [0, 0.05) is 11.8 Å². The Hall–Kier alpha value is -0.0900. The van der Waals surface area contributed by atoms with Gasteiger partial charge in [0.1, 0.15) is 9.84 Å². The fourth-order valence-corrected chi connectivity index (χ4v) is 3.62. The zero-order valence-corrected chi connectivity index (χ0v) is 13.4. The Kier molecular flexibility index (Phi) is 9.74. The standard InChI is InChI=1S/C14H31NO2S/c1-5-9-15-14(12-13(3)4)8-7-11-18(16,17)10-6-2/h13-15H,5-12H2,1-4H3. The van der Waals surface area contributed by atoms with Crippen LogP contribution in [0.3, 0.4) is 0 Å². The van der Waals surface area contributed by atoms with Crippen LogP contribution in [0, 0.1) is 5.92 Å². The van der Waals surface area contributed by atoms with Gasteiger partial charge in [-0.3, -0.25) is 0 Å². The highest BCUT2D eigenvalue weighted by molar-refractivity contribution is 7.91. The van der Waals surface area contributed by atoms with Crippen molar-refractivity contribution in [2.24, 2.45) is 5.92 Å². The summed E-state index contributed by atoms with van der Waals surface area (Å²) in [4.78, 5) is 0. The summed E-state index contributed by atoms with van der Waals surface area (Å²) in [5.74, 6) is 1.35. The fraction of sp³-hybridized carbons (Fsp3) is 1.00. The van der Waals surface area contributed by atoms with E-state index >= 15 is 0 Å². The lowest BCUT2D eigenvalue weighted by molar-refractivity contribution is 0.396. The van der Waals surface area contributed by atoms with Crippen LogP contribution in [0.5, 0.6) is 0 Å². The van der Waals surface area contributed by atoms with Gasteiger partial charge in [-0.1, -0.05) is 27.7 Å². The molecule has 0 heterocycles. The number of rotatable bonds is 11. The van der Waals surface area contributed by atoms with Gasteiger partial charge < -0.3 is 5.32 Å². The predicted molar refractivity (Wildman–Crippen MR) is 79.7 cm³/mol. The Labute approximate surface area is 114 Å². The lowest BCUT2D eigenvalue weighted by atomic mass is 10.00. The Morgan fingerprint density at radius 3 is 2.22 bits per heavy atom. The summed E-state index contributed by atoms with van der Waals surface area (Å²) in [7, 11) is -2.80. The van der Waals surface area contributed by atoms with Gasteiger partial charge in [0.2, 0.25) is 0 Å². The normalized spacial score (nSPS) is 14.1. The molecule has 3 nitrogen and oxygen atoms in total. The van der Waals surface area contributed by atoms with Crippen LogP contribution < -0.4 is 5.32 Å². The van der Waals surface area contributed by atoms with E-state index in [0.717, 1.165) is 38.6 Å². The molecule has 0 saturated heterocycles. The second-order valence-corrected chi connectivity index (χ2v) is 7.88. The second-order valence-electron chi connectivity index (χ2n) is 5.57. The first kappa shape index (κ1) is 17.9. The molecule has 0 aliphatic heterocycles. The van der Waals surface area contributed by atoms with Crippen LogP contribution in [0.4, 0.5) is 0 Å². The quantitative estimate of drug-likeness (QED) is 0.631. The van der Waals surface area contributed by atoms with Gasteiger partial charge in [-0.2, -0.15) is 0 Å². The van der Waals surface area contributed by atoms with Gasteiger partial charge in [0.15, 0.2) is 0 Å². The zero-order valence-electron chi connectivity index (χ0n) is 12.5. The molecule has 0 bridgehead atoms. The van der Waals surface area contributed by atoms with E-state index in [2.05, 4.69) is 26.1 Å². The molecule has 0 rings (SSSR count). The molecule has 18 heavy (non-hydrogen) atoms. The summed E-state index contributed by atoms with van der Waals surface area (Å²) >= 11 is 0. The van der Waals surface area contributed by atoms with Crippen molar-refractivity contribution in [3.05, 3.63) is 0 Å². The minimum absolute atomic E-state index is 0.338. The van der Waals surface area contributed by atoms with Crippen molar-refractivity contribution in [3.8, 4) is 0 Å². The topological polar surface area (TPSA) is 46.2 Å². The van der Waals surface area contributed by atoms with Crippen LogP contribution in [-0.4, -0.2) is 32.5 Å². The van der Waals surface area contributed by atoms with Crippen molar-refractivity contribution in [1.29, 1.82) is 0 Å². The maximum absolute atomic E-state index is 11.6. The Balaban J connectivity index is 4.02. The van der Waals surface area contributed by atoms with Gasteiger partial charge in [0.05, 0.1) is 5.75 Å². The summed E-state index contributed by atoms with van der Waals surface area (Å²) in [5.41, 5.74) is 0. The van der Waals surface area contributed by atoms with E-state index in [-0.39, 0.29) is 0 Å². The average Bonchev–Trinajstić information content (AvgIpc) is 2.24. The van der Waals surface area contributed by atoms with Gasteiger partial charge in [-0.15, -0.1) is 0 Å². The maximum atomic E-state index is 11.6. The predicted octanol–water partition coefficient (Wildman–Crippen LogP) is 3.01. The lowest BCUT2D eigenvalue weighted by Gasteiger charge is -2.20. The smallest absolute Gasteiger partial charge is 0.150 e. The summed E-state index contributed by atoms with van der Waals surface area (Å²) in [6.07, 6.45) is 4.75. The molecule has 0 radical (unpaired) electrons. The van der Waals surface area contributed by atoms with Crippen LogP contribution >= 0.6 is 0 Å². The second kappa shape index (κ2) is 9.79.